The van der Waals surface area contributed by atoms with Gasteiger partial charge in [-0.05, 0) is 31.2 Å². The molecule has 0 unspecified atom stereocenters. The zero-order valence-electron chi connectivity index (χ0n) is 12.8. The fraction of sp³-hybridized carbons (Fsp3) is 0.278. The second-order valence-corrected chi connectivity index (χ2v) is 5.14. The van der Waals surface area contributed by atoms with Crippen LogP contribution >= 0.6 is 0 Å². The number of benzene rings is 2. The van der Waals surface area contributed by atoms with Gasteiger partial charge in [0.25, 0.3) is 0 Å². The number of nitrogens with one attached hydrogen (secondary N) is 2. The molecule has 3 rings (SSSR count). The molecule has 0 fully saturated rings. The molecule has 0 bridgehead atoms. The lowest BCUT2D eigenvalue weighted by molar-refractivity contribution is 0.415. The number of ether oxygens (including phenoxy) is 1. The molecule has 0 spiro atoms. The van der Waals surface area contributed by atoms with Crippen LogP contribution in [-0.4, -0.2) is 26.2 Å². The van der Waals surface area contributed by atoms with Crippen LogP contribution in [0.5, 0.6) is 5.75 Å². The lowest BCUT2D eigenvalue weighted by atomic mass is 10.2. The number of anilines is 2. The fourth-order valence-corrected chi connectivity index (χ4v) is 2.30. The van der Waals surface area contributed by atoms with Gasteiger partial charge < -0.3 is 10.1 Å². The van der Waals surface area contributed by atoms with Crippen molar-refractivity contribution in [1.82, 2.24) is 10.7 Å². The summed E-state index contributed by atoms with van der Waals surface area (Å²) < 4.78 is 5.33. The van der Waals surface area contributed by atoms with Crippen LogP contribution in [0.3, 0.4) is 0 Å². The monoisotopic (exact) mass is 312 g/mol. The van der Waals surface area contributed by atoms with E-state index in [1.807, 2.05) is 29.3 Å². The quantitative estimate of drug-likeness (QED) is 0.851. The van der Waals surface area contributed by atoms with Crippen LogP contribution in [0, 0.1) is 6.92 Å². The Morgan fingerprint density at radius 3 is 2.57 bits per heavy atom. The third kappa shape index (κ3) is 3.94. The Labute approximate surface area is 138 Å². The average molecular weight is 312 g/mol. The summed E-state index contributed by atoms with van der Waals surface area (Å²) in [5.41, 5.74) is 6.59. The summed E-state index contributed by atoms with van der Waals surface area (Å²) in [5.74, 6) is 1.60. The van der Waals surface area contributed by atoms with E-state index in [2.05, 4.69) is 46.9 Å². The smallest absolute Gasteiger partial charge is 0.210 e. The number of guanidine groups is 1. The van der Waals surface area contributed by atoms with Crippen molar-refractivity contribution < 1.29 is 4.74 Å². The maximum Gasteiger partial charge on any atom is 0.210 e. The zero-order chi connectivity index (χ0) is 15.4. The van der Waals surface area contributed by atoms with E-state index in [-0.39, 0.29) is 7.43 Å². The molecule has 2 N–H and O–H groups in total. The van der Waals surface area contributed by atoms with Crippen LogP contribution in [0.1, 0.15) is 13.0 Å². The molecule has 122 valence electrons. The van der Waals surface area contributed by atoms with E-state index < -0.39 is 0 Å². The van der Waals surface area contributed by atoms with Crippen LogP contribution in [0.25, 0.3) is 0 Å². The Kier molecular flexibility index (Phi) is 5.46. The molecule has 1 heterocycles. The number of hydrogen-bond acceptors (Lipinski definition) is 5. The largest absolute Gasteiger partial charge is 0.497 e. The highest BCUT2D eigenvalue weighted by Crippen LogP contribution is 2.26. The Hall–Kier alpha value is -2.69. The first kappa shape index (κ1) is 16.7. The summed E-state index contributed by atoms with van der Waals surface area (Å²) in [7, 11) is 1.67. The number of hydrazine groups is 1. The molecular formula is C18H24N4O. The van der Waals surface area contributed by atoms with Gasteiger partial charge in [0, 0.05) is 12.6 Å². The van der Waals surface area contributed by atoms with Gasteiger partial charge in [-0.25, -0.2) is 0 Å². The Balaban J connectivity index is 0.00000192. The first-order chi connectivity index (χ1) is 10.8. The molecule has 0 aliphatic carbocycles. The predicted molar refractivity (Wildman–Crippen MR) is 96.5 cm³/mol. The van der Waals surface area contributed by atoms with E-state index in [0.717, 1.165) is 36.2 Å². The van der Waals surface area contributed by atoms with Gasteiger partial charge in [-0.15, -0.1) is 0 Å². The van der Waals surface area contributed by atoms with E-state index in [9.17, 15) is 0 Å². The minimum Gasteiger partial charge on any atom is -0.497 e. The fourth-order valence-electron chi connectivity index (χ4n) is 2.30. The van der Waals surface area contributed by atoms with Crippen LogP contribution in [-0.2, 0) is 0 Å². The average Bonchev–Trinajstić information content (AvgIpc) is 3.07. The van der Waals surface area contributed by atoms with Gasteiger partial charge in [-0.2, -0.15) is 0 Å². The molecule has 0 radical (unpaired) electrons. The molecule has 0 saturated heterocycles. The Morgan fingerprint density at radius 1 is 1.13 bits per heavy atom. The van der Waals surface area contributed by atoms with Crippen molar-refractivity contribution in [3.8, 4) is 5.75 Å². The number of hydrogen-bond donors (Lipinski definition) is 2. The molecule has 5 heteroatoms. The Bertz CT molecular complexity index is 667. The van der Waals surface area contributed by atoms with Gasteiger partial charge in [0.05, 0.1) is 25.0 Å². The molecule has 0 atom stereocenters. The van der Waals surface area contributed by atoms with Gasteiger partial charge in [0.1, 0.15) is 5.75 Å². The Morgan fingerprint density at radius 2 is 1.91 bits per heavy atom. The molecule has 0 aromatic heterocycles. The minimum atomic E-state index is 0. The number of rotatable bonds is 4. The van der Waals surface area contributed by atoms with Gasteiger partial charge in [0.15, 0.2) is 0 Å². The topological polar surface area (TPSA) is 48.9 Å². The summed E-state index contributed by atoms with van der Waals surface area (Å²) in [6, 6.07) is 16.3. The van der Waals surface area contributed by atoms with Gasteiger partial charge >= 0.3 is 0 Å². The number of nitrogens with zero attached hydrogens (tertiary/aromatic N) is 2. The first-order valence-corrected chi connectivity index (χ1v) is 7.32. The zero-order valence-corrected chi connectivity index (χ0v) is 12.8. The standard InChI is InChI=1S/C17H20N4O.CH4/c1-13-6-8-14(9-7-13)21(20-17-18-10-11-19-17)15-4-3-5-16(12-15)22-2;/h3-9,12H,10-11H2,1-2H3,(H2,18,19,20);1H4. The second-order valence-electron chi connectivity index (χ2n) is 5.14. The van der Waals surface area contributed by atoms with Gasteiger partial charge in [0.2, 0.25) is 5.96 Å². The molecule has 2 aromatic rings. The summed E-state index contributed by atoms with van der Waals surface area (Å²) in [4.78, 5) is 4.41. The molecule has 1 aliphatic heterocycles. The van der Waals surface area contributed by atoms with Crippen molar-refractivity contribution in [3.63, 3.8) is 0 Å². The van der Waals surface area contributed by atoms with Crippen LogP contribution < -0.4 is 20.5 Å². The highest BCUT2D eigenvalue weighted by Gasteiger charge is 2.14. The third-order valence-electron chi connectivity index (χ3n) is 3.50. The van der Waals surface area contributed by atoms with Crippen molar-refractivity contribution in [2.75, 3.05) is 25.2 Å². The second kappa shape index (κ2) is 7.54. The lowest BCUT2D eigenvalue weighted by Gasteiger charge is -2.26. The van der Waals surface area contributed by atoms with Crippen molar-refractivity contribution in [2.45, 2.75) is 14.4 Å². The van der Waals surface area contributed by atoms with E-state index in [4.69, 9.17) is 4.74 Å². The van der Waals surface area contributed by atoms with Crippen LogP contribution in [0.4, 0.5) is 11.4 Å². The molecule has 23 heavy (non-hydrogen) atoms. The predicted octanol–water partition coefficient (Wildman–Crippen LogP) is 3.24. The maximum atomic E-state index is 5.33. The van der Waals surface area contributed by atoms with E-state index in [1.54, 1.807) is 7.11 Å². The van der Waals surface area contributed by atoms with Gasteiger partial charge in [-0.3, -0.25) is 15.4 Å². The van der Waals surface area contributed by atoms with E-state index >= 15 is 0 Å². The van der Waals surface area contributed by atoms with Crippen LogP contribution in [0.15, 0.2) is 53.5 Å². The summed E-state index contributed by atoms with van der Waals surface area (Å²) in [6.07, 6.45) is 0. The summed E-state index contributed by atoms with van der Waals surface area (Å²) in [6.45, 7) is 3.74. The first-order valence-electron chi connectivity index (χ1n) is 7.32. The molecule has 5 nitrogen and oxygen atoms in total. The van der Waals surface area contributed by atoms with Crippen LogP contribution in [0.2, 0.25) is 0 Å². The number of aliphatic imine (C=N–C) groups is 1. The van der Waals surface area contributed by atoms with E-state index in [1.165, 1.54) is 5.56 Å². The SMILES string of the molecule is C.COc1cccc(N(NC2=NCCN2)c2ccc(C)cc2)c1. The van der Waals surface area contributed by atoms with Crippen molar-refractivity contribution in [1.29, 1.82) is 0 Å². The molecule has 1 aliphatic rings. The highest BCUT2D eigenvalue weighted by atomic mass is 16.5. The minimum absolute atomic E-state index is 0. The normalized spacial score (nSPS) is 12.7. The summed E-state index contributed by atoms with van der Waals surface area (Å²) >= 11 is 0. The lowest BCUT2D eigenvalue weighted by Crippen LogP contribution is -2.44. The molecule has 0 amide bonds. The van der Waals surface area contributed by atoms with Crippen molar-refractivity contribution in [3.05, 3.63) is 54.1 Å². The number of aryl methyl sites for hydroxylation is 1. The molecule has 0 saturated carbocycles. The van der Waals surface area contributed by atoms with E-state index in [0.29, 0.717) is 0 Å². The highest BCUT2D eigenvalue weighted by molar-refractivity contribution is 5.85. The van der Waals surface area contributed by atoms with Gasteiger partial charge in [-0.1, -0.05) is 31.2 Å². The third-order valence-corrected chi connectivity index (χ3v) is 3.50. The number of methoxy groups -OCH3 is 1. The van der Waals surface area contributed by atoms with Crippen molar-refractivity contribution >= 4 is 17.3 Å². The summed E-state index contributed by atoms with van der Waals surface area (Å²) in [5, 5.41) is 5.23. The molecule has 2 aromatic carbocycles. The van der Waals surface area contributed by atoms with Crippen molar-refractivity contribution in [2.24, 2.45) is 4.99 Å². The molecular weight excluding hydrogens is 288 g/mol. The maximum absolute atomic E-state index is 5.33.